The number of hydrogen-bond acceptors (Lipinski definition) is 3. The molecule has 1 aromatic carbocycles. The lowest BCUT2D eigenvalue weighted by Crippen LogP contribution is -2.36. The van der Waals surface area contributed by atoms with E-state index in [2.05, 4.69) is 16.6 Å². The molecule has 0 radical (unpaired) electrons. The highest BCUT2D eigenvalue weighted by Gasteiger charge is 2.22. The fourth-order valence-corrected chi connectivity index (χ4v) is 3.57. The molecule has 1 heterocycles. The van der Waals surface area contributed by atoms with Crippen LogP contribution in [0, 0.1) is 11.8 Å². The van der Waals surface area contributed by atoms with Gasteiger partial charge in [0.15, 0.2) is 0 Å². The van der Waals surface area contributed by atoms with Gasteiger partial charge in [-0.25, -0.2) is 0 Å². The SMILES string of the molecule is NCC#Cc1ccc(NS(=O)(=O)N2CCCCCC2)cc1. The maximum Gasteiger partial charge on any atom is 0.301 e. The highest BCUT2D eigenvalue weighted by Crippen LogP contribution is 2.17. The summed E-state index contributed by atoms with van der Waals surface area (Å²) in [7, 11) is -3.46. The summed E-state index contributed by atoms with van der Waals surface area (Å²) < 4.78 is 28.8. The third-order valence-corrected chi connectivity index (χ3v) is 4.91. The van der Waals surface area contributed by atoms with E-state index < -0.39 is 10.2 Å². The first kappa shape index (κ1) is 15.8. The van der Waals surface area contributed by atoms with Crippen molar-refractivity contribution in [2.75, 3.05) is 24.4 Å². The Morgan fingerprint density at radius 1 is 1.10 bits per heavy atom. The molecule has 0 saturated carbocycles. The first-order chi connectivity index (χ1) is 10.1. The molecule has 0 unspecified atom stereocenters. The molecule has 5 nitrogen and oxygen atoms in total. The summed E-state index contributed by atoms with van der Waals surface area (Å²) in [6.07, 6.45) is 4.05. The number of nitrogens with one attached hydrogen (secondary N) is 1. The van der Waals surface area contributed by atoms with Crippen LogP contribution in [0.25, 0.3) is 0 Å². The molecule has 21 heavy (non-hydrogen) atoms. The second-order valence-corrected chi connectivity index (χ2v) is 6.67. The van der Waals surface area contributed by atoms with Crippen molar-refractivity contribution < 1.29 is 8.42 Å². The van der Waals surface area contributed by atoms with Crippen LogP contribution in [0.5, 0.6) is 0 Å². The molecule has 0 aliphatic carbocycles. The average molecular weight is 307 g/mol. The minimum Gasteiger partial charge on any atom is -0.320 e. The Balaban J connectivity index is 2.05. The number of nitrogens with two attached hydrogens (primary N) is 1. The number of rotatable bonds is 3. The van der Waals surface area contributed by atoms with E-state index in [4.69, 9.17) is 5.73 Å². The number of anilines is 1. The molecule has 0 atom stereocenters. The molecule has 1 aliphatic rings. The molecule has 6 heteroatoms. The predicted molar refractivity (Wildman–Crippen MR) is 85.0 cm³/mol. The molecule has 1 aliphatic heterocycles. The zero-order valence-corrected chi connectivity index (χ0v) is 12.8. The van der Waals surface area contributed by atoms with Crippen LogP contribution in [0.2, 0.25) is 0 Å². The van der Waals surface area contributed by atoms with Crippen molar-refractivity contribution in [1.29, 1.82) is 0 Å². The van der Waals surface area contributed by atoms with Crippen LogP contribution < -0.4 is 10.5 Å². The third-order valence-electron chi connectivity index (χ3n) is 3.37. The summed E-state index contributed by atoms with van der Waals surface area (Å²) >= 11 is 0. The summed E-state index contributed by atoms with van der Waals surface area (Å²) in [5, 5.41) is 0. The number of benzene rings is 1. The fourth-order valence-electron chi connectivity index (χ4n) is 2.27. The lowest BCUT2D eigenvalue weighted by Gasteiger charge is -2.20. The molecule has 2 rings (SSSR count). The second-order valence-electron chi connectivity index (χ2n) is 5.00. The molecule has 0 bridgehead atoms. The minimum atomic E-state index is -3.46. The van der Waals surface area contributed by atoms with Crippen LogP contribution in [0.4, 0.5) is 5.69 Å². The van der Waals surface area contributed by atoms with E-state index in [1.165, 1.54) is 4.31 Å². The Kier molecular flexibility index (Phi) is 5.62. The summed E-state index contributed by atoms with van der Waals surface area (Å²) in [5.74, 6) is 5.67. The summed E-state index contributed by atoms with van der Waals surface area (Å²) in [5.41, 5.74) is 6.69. The van der Waals surface area contributed by atoms with Crippen LogP contribution in [0.1, 0.15) is 31.2 Å². The van der Waals surface area contributed by atoms with Crippen LogP contribution >= 0.6 is 0 Å². The third kappa shape index (κ3) is 4.74. The van der Waals surface area contributed by atoms with Crippen molar-refractivity contribution in [3.8, 4) is 11.8 Å². The smallest absolute Gasteiger partial charge is 0.301 e. The van der Waals surface area contributed by atoms with Gasteiger partial charge in [-0.1, -0.05) is 24.7 Å². The lowest BCUT2D eigenvalue weighted by atomic mass is 10.2. The lowest BCUT2D eigenvalue weighted by molar-refractivity contribution is 0.427. The maximum absolute atomic E-state index is 12.3. The number of hydrogen-bond donors (Lipinski definition) is 2. The standard InChI is InChI=1S/C15H21N3O2S/c16-11-5-6-14-7-9-15(10-8-14)17-21(19,20)18-12-3-1-2-4-13-18/h7-10,17H,1-4,11-13,16H2. The van der Waals surface area contributed by atoms with Gasteiger partial charge in [-0.3, -0.25) is 4.72 Å². The summed E-state index contributed by atoms with van der Waals surface area (Å²) in [4.78, 5) is 0. The zero-order valence-electron chi connectivity index (χ0n) is 12.0. The fraction of sp³-hybridized carbons (Fsp3) is 0.467. The molecule has 114 valence electrons. The molecule has 1 saturated heterocycles. The van der Waals surface area contributed by atoms with E-state index in [0.29, 0.717) is 25.3 Å². The van der Waals surface area contributed by atoms with Crippen LogP contribution in [0.3, 0.4) is 0 Å². The predicted octanol–water partition coefficient (Wildman–Crippen LogP) is 1.53. The van der Waals surface area contributed by atoms with Gasteiger partial charge in [0.1, 0.15) is 0 Å². The van der Waals surface area contributed by atoms with Crippen molar-refractivity contribution in [1.82, 2.24) is 4.31 Å². The van der Waals surface area contributed by atoms with Gasteiger partial charge in [-0.05, 0) is 37.1 Å². The van der Waals surface area contributed by atoms with Crippen LogP contribution in [-0.2, 0) is 10.2 Å². The van der Waals surface area contributed by atoms with Gasteiger partial charge in [-0.15, -0.1) is 0 Å². The van der Waals surface area contributed by atoms with E-state index in [1.807, 2.05) is 0 Å². The quantitative estimate of drug-likeness (QED) is 0.832. The van der Waals surface area contributed by atoms with Crippen molar-refractivity contribution in [2.24, 2.45) is 5.73 Å². The number of nitrogens with zero attached hydrogens (tertiary/aromatic N) is 1. The van der Waals surface area contributed by atoms with Crippen LogP contribution in [0.15, 0.2) is 24.3 Å². The first-order valence-electron chi connectivity index (χ1n) is 7.19. The van der Waals surface area contributed by atoms with Crippen molar-refractivity contribution in [2.45, 2.75) is 25.7 Å². The molecule has 0 amide bonds. The molecule has 1 fully saturated rings. The van der Waals surface area contributed by atoms with Gasteiger partial charge < -0.3 is 5.73 Å². The zero-order chi connectivity index (χ0) is 15.1. The van der Waals surface area contributed by atoms with Crippen LogP contribution in [-0.4, -0.2) is 32.4 Å². The highest BCUT2D eigenvalue weighted by atomic mass is 32.2. The van der Waals surface area contributed by atoms with E-state index in [1.54, 1.807) is 24.3 Å². The van der Waals surface area contributed by atoms with Gasteiger partial charge in [-0.2, -0.15) is 12.7 Å². The molecular weight excluding hydrogens is 286 g/mol. The molecule has 0 spiro atoms. The van der Waals surface area contributed by atoms with E-state index >= 15 is 0 Å². The molecule has 0 aromatic heterocycles. The molecule has 1 aromatic rings. The van der Waals surface area contributed by atoms with Gasteiger partial charge >= 0.3 is 10.2 Å². The van der Waals surface area contributed by atoms with E-state index in [9.17, 15) is 8.42 Å². The monoisotopic (exact) mass is 307 g/mol. The largest absolute Gasteiger partial charge is 0.320 e. The average Bonchev–Trinajstić information content (AvgIpc) is 2.76. The summed E-state index contributed by atoms with van der Waals surface area (Å²) in [6, 6.07) is 7.00. The van der Waals surface area contributed by atoms with E-state index in [-0.39, 0.29) is 0 Å². The van der Waals surface area contributed by atoms with E-state index in [0.717, 1.165) is 31.2 Å². The molecular formula is C15H21N3O2S. The normalized spacial score (nSPS) is 16.6. The Morgan fingerprint density at radius 3 is 2.29 bits per heavy atom. The topological polar surface area (TPSA) is 75.4 Å². The van der Waals surface area contributed by atoms with Crippen molar-refractivity contribution >= 4 is 15.9 Å². The minimum absolute atomic E-state index is 0.309. The Labute approximate surface area is 126 Å². The molecule has 3 N–H and O–H groups in total. The van der Waals surface area contributed by atoms with Crippen molar-refractivity contribution in [3.63, 3.8) is 0 Å². The Bertz CT molecular complexity index is 607. The second kappa shape index (κ2) is 7.46. The van der Waals surface area contributed by atoms with Gasteiger partial charge in [0.2, 0.25) is 0 Å². The van der Waals surface area contributed by atoms with Gasteiger partial charge in [0.05, 0.1) is 6.54 Å². The Morgan fingerprint density at radius 2 is 1.71 bits per heavy atom. The van der Waals surface area contributed by atoms with Crippen molar-refractivity contribution in [3.05, 3.63) is 29.8 Å². The summed E-state index contributed by atoms with van der Waals surface area (Å²) in [6.45, 7) is 1.49. The van der Waals surface area contributed by atoms with Gasteiger partial charge in [0.25, 0.3) is 0 Å². The van der Waals surface area contributed by atoms with Gasteiger partial charge in [0, 0.05) is 24.3 Å². The Hall–Kier alpha value is -1.55. The first-order valence-corrected chi connectivity index (χ1v) is 8.63. The highest BCUT2D eigenvalue weighted by molar-refractivity contribution is 7.90. The maximum atomic E-state index is 12.3.